The van der Waals surface area contributed by atoms with Crippen molar-refractivity contribution in [3.05, 3.63) is 59.5 Å². The number of hydrogen-bond acceptors (Lipinski definition) is 6. The molecule has 3 aromatic rings. The number of nitrogens with zero attached hydrogens (tertiary/aromatic N) is 3. The molecule has 1 aromatic heterocycles. The fourth-order valence-electron chi connectivity index (χ4n) is 3.28. The van der Waals surface area contributed by atoms with E-state index in [4.69, 9.17) is 19.6 Å². The van der Waals surface area contributed by atoms with Gasteiger partial charge in [0.25, 0.3) is 0 Å². The molecule has 0 amide bonds. The molecule has 5 nitrogen and oxygen atoms in total. The van der Waals surface area contributed by atoms with E-state index in [1.54, 1.807) is 25.6 Å². The maximum absolute atomic E-state index is 5.62. The number of hydrogen-bond donors (Lipinski definition) is 0. The smallest absolute Gasteiger partial charge is 0.207 e. The van der Waals surface area contributed by atoms with Crippen LogP contribution in [0.2, 0.25) is 0 Å². The van der Waals surface area contributed by atoms with E-state index < -0.39 is 0 Å². The first-order valence-corrected chi connectivity index (χ1v) is 9.63. The molecule has 0 fully saturated rings. The second-order valence-electron chi connectivity index (χ2n) is 6.39. The summed E-state index contributed by atoms with van der Waals surface area (Å²) in [5.74, 6) is 1.58. The molecule has 0 radical (unpaired) electrons. The van der Waals surface area contributed by atoms with Gasteiger partial charge in [-0.2, -0.15) is 5.10 Å². The Morgan fingerprint density at radius 3 is 2.63 bits per heavy atom. The van der Waals surface area contributed by atoms with Crippen LogP contribution in [0.1, 0.15) is 24.9 Å². The largest absolute Gasteiger partial charge is 0.497 e. The van der Waals surface area contributed by atoms with E-state index in [1.807, 2.05) is 35.3 Å². The second kappa shape index (κ2) is 7.40. The third-order valence-electron chi connectivity index (χ3n) is 4.62. The summed E-state index contributed by atoms with van der Waals surface area (Å²) in [5, 5.41) is 9.73. The average Bonchev–Trinajstić information content (AvgIpc) is 3.35. The van der Waals surface area contributed by atoms with Crippen molar-refractivity contribution in [1.82, 2.24) is 4.98 Å². The topological polar surface area (TPSA) is 47.0 Å². The van der Waals surface area contributed by atoms with Gasteiger partial charge in [-0.3, -0.25) is 0 Å². The van der Waals surface area contributed by atoms with E-state index in [0.717, 1.165) is 45.6 Å². The molecular weight excluding hydrogens is 358 g/mol. The van der Waals surface area contributed by atoms with Crippen LogP contribution < -0.4 is 14.5 Å². The van der Waals surface area contributed by atoms with Crippen molar-refractivity contribution in [2.24, 2.45) is 5.10 Å². The van der Waals surface area contributed by atoms with Crippen molar-refractivity contribution in [1.29, 1.82) is 0 Å². The molecule has 0 aliphatic carbocycles. The molecule has 4 rings (SSSR count). The molecule has 0 bridgehead atoms. The van der Waals surface area contributed by atoms with Gasteiger partial charge in [0.15, 0.2) is 0 Å². The number of rotatable bonds is 5. The summed E-state index contributed by atoms with van der Waals surface area (Å²) in [4.78, 5) is 4.83. The van der Waals surface area contributed by atoms with Gasteiger partial charge < -0.3 is 9.47 Å². The minimum absolute atomic E-state index is 0.0561. The van der Waals surface area contributed by atoms with Crippen LogP contribution in [0.3, 0.4) is 0 Å². The molecule has 27 heavy (non-hydrogen) atoms. The standard InChI is InChI=1S/C21H21N3O2S/c1-14-11-19(17-10-9-16(25-2)12-20(17)26-3)24(23-14)21-22-18(13-27-21)15-7-5-4-6-8-15/h4-10,12-13,19H,11H2,1-3H3/t19-/m1/s1. The summed E-state index contributed by atoms with van der Waals surface area (Å²) >= 11 is 1.61. The van der Waals surface area contributed by atoms with E-state index in [9.17, 15) is 0 Å². The number of aromatic nitrogens is 1. The minimum atomic E-state index is 0.0561. The van der Waals surface area contributed by atoms with E-state index >= 15 is 0 Å². The number of hydrazone groups is 1. The van der Waals surface area contributed by atoms with Gasteiger partial charge >= 0.3 is 0 Å². The lowest BCUT2D eigenvalue weighted by Gasteiger charge is -2.23. The van der Waals surface area contributed by atoms with Crippen LogP contribution in [-0.2, 0) is 0 Å². The predicted octanol–water partition coefficient (Wildman–Crippen LogP) is 5.15. The van der Waals surface area contributed by atoms with Gasteiger partial charge in [-0.15, -0.1) is 11.3 Å². The van der Waals surface area contributed by atoms with E-state index in [2.05, 4.69) is 30.5 Å². The van der Waals surface area contributed by atoms with Crippen LogP contribution >= 0.6 is 11.3 Å². The number of benzene rings is 2. The Morgan fingerprint density at radius 2 is 1.89 bits per heavy atom. The maximum Gasteiger partial charge on any atom is 0.207 e. The molecular formula is C21H21N3O2S. The highest BCUT2D eigenvalue weighted by atomic mass is 32.1. The number of methoxy groups -OCH3 is 2. The van der Waals surface area contributed by atoms with Crippen LogP contribution in [0.15, 0.2) is 59.0 Å². The normalized spacial score (nSPS) is 16.3. The third kappa shape index (κ3) is 3.40. The fourth-order valence-corrected chi connectivity index (χ4v) is 4.12. The van der Waals surface area contributed by atoms with Gasteiger partial charge in [-0.05, 0) is 19.1 Å². The summed E-state index contributed by atoms with van der Waals surface area (Å²) < 4.78 is 10.9. The Balaban J connectivity index is 1.69. The molecule has 0 N–H and O–H groups in total. The molecule has 0 saturated heterocycles. The summed E-state index contributed by atoms with van der Waals surface area (Å²) in [6, 6.07) is 16.2. The molecule has 2 heterocycles. The zero-order valence-electron chi connectivity index (χ0n) is 15.5. The molecule has 1 aliphatic heterocycles. The highest BCUT2D eigenvalue weighted by Crippen LogP contribution is 2.42. The monoisotopic (exact) mass is 379 g/mol. The third-order valence-corrected chi connectivity index (χ3v) is 5.45. The second-order valence-corrected chi connectivity index (χ2v) is 7.23. The van der Waals surface area contributed by atoms with Crippen LogP contribution in [0.25, 0.3) is 11.3 Å². The zero-order valence-corrected chi connectivity index (χ0v) is 16.4. The lowest BCUT2D eigenvalue weighted by molar-refractivity contribution is 0.388. The summed E-state index contributed by atoms with van der Waals surface area (Å²) in [5.41, 5.74) is 4.24. The van der Waals surface area contributed by atoms with E-state index in [0.29, 0.717) is 0 Å². The van der Waals surface area contributed by atoms with Gasteiger partial charge in [0.1, 0.15) is 11.5 Å². The van der Waals surface area contributed by atoms with Gasteiger partial charge in [0, 0.05) is 34.7 Å². The number of ether oxygens (including phenoxy) is 2. The number of anilines is 1. The van der Waals surface area contributed by atoms with Crippen LogP contribution in [0.5, 0.6) is 11.5 Å². The van der Waals surface area contributed by atoms with Crippen LogP contribution in [0.4, 0.5) is 5.13 Å². The van der Waals surface area contributed by atoms with Gasteiger partial charge in [-0.25, -0.2) is 9.99 Å². The molecule has 0 unspecified atom stereocenters. The summed E-state index contributed by atoms with van der Waals surface area (Å²) in [7, 11) is 3.34. The van der Waals surface area contributed by atoms with Crippen molar-refractivity contribution in [3.8, 4) is 22.8 Å². The fraction of sp³-hybridized carbons (Fsp3) is 0.238. The zero-order chi connectivity index (χ0) is 18.8. The lowest BCUT2D eigenvalue weighted by atomic mass is 10.0. The molecule has 1 aliphatic rings. The van der Waals surface area contributed by atoms with Crippen molar-refractivity contribution in [3.63, 3.8) is 0 Å². The van der Waals surface area contributed by atoms with Crippen molar-refractivity contribution >= 4 is 22.2 Å². The van der Waals surface area contributed by atoms with Crippen molar-refractivity contribution in [2.75, 3.05) is 19.2 Å². The number of thiazole rings is 1. The molecule has 0 saturated carbocycles. The molecule has 2 aromatic carbocycles. The molecule has 1 atom stereocenters. The van der Waals surface area contributed by atoms with Gasteiger partial charge in [0.2, 0.25) is 5.13 Å². The van der Waals surface area contributed by atoms with E-state index in [1.165, 1.54) is 0 Å². The highest BCUT2D eigenvalue weighted by Gasteiger charge is 2.31. The Hall–Kier alpha value is -2.86. The Bertz CT molecular complexity index is 969. The lowest BCUT2D eigenvalue weighted by Crippen LogP contribution is -2.19. The first-order valence-electron chi connectivity index (χ1n) is 8.76. The van der Waals surface area contributed by atoms with Crippen LogP contribution in [0, 0.1) is 0 Å². The SMILES string of the molecule is COc1ccc([C@H]2CC(C)=NN2c2nc(-c3ccccc3)cs2)c(OC)c1. The minimum Gasteiger partial charge on any atom is -0.497 e. The molecule has 138 valence electrons. The Morgan fingerprint density at radius 1 is 1.07 bits per heavy atom. The van der Waals surface area contributed by atoms with Gasteiger partial charge in [0.05, 0.1) is 26.0 Å². The predicted molar refractivity (Wildman–Crippen MR) is 110 cm³/mol. The van der Waals surface area contributed by atoms with Gasteiger partial charge in [-0.1, -0.05) is 30.3 Å². The summed E-state index contributed by atoms with van der Waals surface area (Å²) in [6.07, 6.45) is 0.836. The molecule has 6 heteroatoms. The average molecular weight is 379 g/mol. The Labute approximate surface area is 162 Å². The first kappa shape index (κ1) is 17.5. The van der Waals surface area contributed by atoms with Crippen LogP contribution in [-0.4, -0.2) is 24.9 Å². The van der Waals surface area contributed by atoms with Crippen molar-refractivity contribution < 1.29 is 9.47 Å². The van der Waals surface area contributed by atoms with Crippen molar-refractivity contribution in [2.45, 2.75) is 19.4 Å². The van der Waals surface area contributed by atoms with E-state index in [-0.39, 0.29) is 6.04 Å². The maximum atomic E-state index is 5.62. The summed E-state index contributed by atoms with van der Waals surface area (Å²) in [6.45, 7) is 2.05. The highest BCUT2D eigenvalue weighted by molar-refractivity contribution is 7.14. The first-order chi connectivity index (χ1) is 13.2. The Kier molecular flexibility index (Phi) is 4.81. The quantitative estimate of drug-likeness (QED) is 0.615. The molecule has 0 spiro atoms.